The molecule has 0 spiro atoms. The first-order chi connectivity index (χ1) is 9.30. The quantitative estimate of drug-likeness (QED) is 0.866. The average molecular weight is 295 g/mol. The third kappa shape index (κ3) is 3.25. The lowest BCUT2D eigenvalue weighted by Crippen LogP contribution is -2.49. The highest BCUT2D eigenvalue weighted by Gasteiger charge is 2.45. The third-order valence-electron chi connectivity index (χ3n) is 4.58. The van der Waals surface area contributed by atoms with E-state index in [2.05, 4.69) is 0 Å². The van der Waals surface area contributed by atoms with Gasteiger partial charge in [-0.05, 0) is 26.3 Å². The second-order valence-electron chi connectivity index (χ2n) is 5.77. The molecule has 20 heavy (non-hydrogen) atoms. The molecular formula is C13H20F3NO3. The number of rotatable bonds is 3. The van der Waals surface area contributed by atoms with Crippen molar-refractivity contribution in [1.29, 1.82) is 0 Å². The van der Waals surface area contributed by atoms with E-state index in [9.17, 15) is 18.0 Å². The Labute approximate surface area is 115 Å². The maximum Gasteiger partial charge on any atom is 0.391 e. The van der Waals surface area contributed by atoms with Crippen molar-refractivity contribution in [2.75, 3.05) is 20.3 Å². The van der Waals surface area contributed by atoms with Gasteiger partial charge in [0.15, 0.2) is 0 Å². The van der Waals surface area contributed by atoms with Gasteiger partial charge >= 0.3 is 12.1 Å². The predicted octanol–water partition coefficient (Wildman–Crippen LogP) is 2.14. The molecule has 0 radical (unpaired) electrons. The van der Waals surface area contributed by atoms with E-state index >= 15 is 0 Å². The predicted molar refractivity (Wildman–Crippen MR) is 65.3 cm³/mol. The number of halogens is 3. The first kappa shape index (κ1) is 15.6. The van der Waals surface area contributed by atoms with Crippen molar-refractivity contribution in [1.82, 2.24) is 4.90 Å². The number of aliphatic carboxylic acids is 1. The van der Waals surface area contributed by atoms with Crippen LogP contribution in [0.4, 0.5) is 13.2 Å². The molecule has 0 aromatic heterocycles. The summed E-state index contributed by atoms with van der Waals surface area (Å²) in [6, 6.07) is -0.548. The van der Waals surface area contributed by atoms with Crippen molar-refractivity contribution in [3.63, 3.8) is 0 Å². The van der Waals surface area contributed by atoms with Crippen LogP contribution in [0.15, 0.2) is 0 Å². The van der Waals surface area contributed by atoms with Gasteiger partial charge < -0.3 is 9.84 Å². The minimum atomic E-state index is -4.15. The molecule has 7 heteroatoms. The number of nitrogens with zero attached hydrogens (tertiary/aromatic N) is 1. The summed E-state index contributed by atoms with van der Waals surface area (Å²) in [5, 5.41) is 9.13. The molecule has 0 bridgehead atoms. The minimum Gasteiger partial charge on any atom is -0.481 e. The Morgan fingerprint density at radius 2 is 2.00 bits per heavy atom. The van der Waals surface area contributed by atoms with E-state index in [-0.39, 0.29) is 38.1 Å². The second-order valence-corrected chi connectivity index (χ2v) is 5.77. The highest BCUT2D eigenvalue weighted by molar-refractivity contribution is 5.71. The molecule has 0 aromatic carbocycles. The maximum absolute atomic E-state index is 12.8. The fourth-order valence-electron chi connectivity index (χ4n) is 3.28. The monoisotopic (exact) mass is 295 g/mol. The molecule has 0 amide bonds. The van der Waals surface area contributed by atoms with Crippen LogP contribution >= 0.6 is 0 Å². The largest absolute Gasteiger partial charge is 0.481 e. The van der Waals surface area contributed by atoms with Gasteiger partial charge in [-0.3, -0.25) is 9.69 Å². The zero-order valence-corrected chi connectivity index (χ0v) is 11.4. The van der Waals surface area contributed by atoms with E-state index in [0.29, 0.717) is 12.8 Å². The summed E-state index contributed by atoms with van der Waals surface area (Å²) < 4.78 is 43.7. The highest BCUT2D eigenvalue weighted by Crippen LogP contribution is 2.39. The first-order valence-corrected chi connectivity index (χ1v) is 6.90. The van der Waals surface area contributed by atoms with Gasteiger partial charge in [0.05, 0.1) is 25.0 Å². The van der Waals surface area contributed by atoms with Gasteiger partial charge in [0.2, 0.25) is 0 Å². The zero-order valence-electron chi connectivity index (χ0n) is 11.4. The average Bonchev–Trinajstić information content (AvgIpc) is 2.86. The number of hydrogen-bond acceptors (Lipinski definition) is 3. The molecule has 1 aliphatic heterocycles. The molecule has 1 saturated heterocycles. The number of alkyl halides is 3. The topological polar surface area (TPSA) is 49.8 Å². The molecule has 4 atom stereocenters. The zero-order chi connectivity index (χ0) is 14.9. The summed E-state index contributed by atoms with van der Waals surface area (Å²) in [5.74, 6) is -2.86. The van der Waals surface area contributed by atoms with Crippen LogP contribution in [-0.4, -0.2) is 54.5 Å². The summed E-state index contributed by atoms with van der Waals surface area (Å²) in [4.78, 5) is 12.9. The van der Waals surface area contributed by atoms with Crippen LogP contribution in [0, 0.1) is 11.8 Å². The van der Waals surface area contributed by atoms with Gasteiger partial charge in [0, 0.05) is 12.1 Å². The lowest BCUT2D eigenvalue weighted by molar-refractivity contribution is -0.187. The van der Waals surface area contributed by atoms with Crippen molar-refractivity contribution in [2.24, 2.45) is 11.8 Å². The number of likely N-dealkylation sites (N-methyl/N-ethyl adjacent to an activating group) is 1. The van der Waals surface area contributed by atoms with Crippen molar-refractivity contribution >= 4 is 5.97 Å². The van der Waals surface area contributed by atoms with E-state index in [0.717, 1.165) is 0 Å². The van der Waals surface area contributed by atoms with Crippen molar-refractivity contribution in [3.8, 4) is 0 Å². The molecule has 4 nitrogen and oxygen atoms in total. The molecule has 4 unspecified atom stereocenters. The molecule has 1 saturated carbocycles. The van der Waals surface area contributed by atoms with Crippen molar-refractivity contribution in [3.05, 3.63) is 0 Å². The summed E-state index contributed by atoms with van der Waals surface area (Å²) in [6.07, 6.45) is -2.70. The van der Waals surface area contributed by atoms with Crippen LogP contribution in [0.2, 0.25) is 0 Å². The Balaban J connectivity index is 2.01. The Hall–Kier alpha value is -0.820. The van der Waals surface area contributed by atoms with Gasteiger partial charge in [-0.1, -0.05) is 6.42 Å². The Morgan fingerprint density at radius 3 is 2.60 bits per heavy atom. The van der Waals surface area contributed by atoms with E-state index in [1.807, 2.05) is 0 Å². The summed E-state index contributed by atoms with van der Waals surface area (Å²) in [7, 11) is 1.72. The van der Waals surface area contributed by atoms with Crippen LogP contribution < -0.4 is 0 Å². The maximum atomic E-state index is 12.8. The van der Waals surface area contributed by atoms with Gasteiger partial charge in [0.1, 0.15) is 0 Å². The lowest BCUT2D eigenvalue weighted by Gasteiger charge is -2.39. The molecule has 116 valence electrons. The number of carboxylic acid groups (broad SMARTS) is 1. The molecule has 2 aliphatic rings. The minimum absolute atomic E-state index is 0.0584. The first-order valence-electron chi connectivity index (χ1n) is 6.90. The SMILES string of the molecule is CN(C1CCCC(C(F)(F)F)C1)C1COCC1C(=O)O. The van der Waals surface area contributed by atoms with Gasteiger partial charge in [-0.2, -0.15) is 13.2 Å². The van der Waals surface area contributed by atoms with Crippen LogP contribution in [-0.2, 0) is 9.53 Å². The third-order valence-corrected chi connectivity index (χ3v) is 4.58. The lowest BCUT2D eigenvalue weighted by atomic mass is 9.83. The fraction of sp³-hybridized carbons (Fsp3) is 0.923. The molecule has 2 rings (SSSR count). The smallest absolute Gasteiger partial charge is 0.391 e. The van der Waals surface area contributed by atoms with Crippen molar-refractivity contribution in [2.45, 2.75) is 43.9 Å². The summed E-state index contributed by atoms with van der Waals surface area (Å²) in [5.41, 5.74) is 0. The summed E-state index contributed by atoms with van der Waals surface area (Å²) in [6.45, 7) is 0.417. The number of carboxylic acids is 1. The Kier molecular flexibility index (Phi) is 4.59. The van der Waals surface area contributed by atoms with Crippen LogP contribution in [0.5, 0.6) is 0 Å². The van der Waals surface area contributed by atoms with Gasteiger partial charge in [0.25, 0.3) is 0 Å². The Bertz CT molecular complexity index is 361. The van der Waals surface area contributed by atoms with Gasteiger partial charge in [-0.25, -0.2) is 0 Å². The van der Waals surface area contributed by atoms with Crippen molar-refractivity contribution < 1.29 is 27.8 Å². The van der Waals surface area contributed by atoms with E-state index in [1.54, 1.807) is 11.9 Å². The van der Waals surface area contributed by atoms with E-state index in [1.165, 1.54) is 0 Å². The standard InChI is InChI=1S/C13H20F3NO3/c1-17(11-7-20-6-10(11)12(18)19)9-4-2-3-8(5-9)13(14,15)16/h8-11H,2-7H2,1H3,(H,18,19). The second kappa shape index (κ2) is 5.89. The molecule has 1 aliphatic carbocycles. The normalized spacial score (nSPS) is 35.5. The Morgan fingerprint density at radius 1 is 1.30 bits per heavy atom. The van der Waals surface area contributed by atoms with E-state index in [4.69, 9.17) is 9.84 Å². The van der Waals surface area contributed by atoms with Gasteiger partial charge in [-0.15, -0.1) is 0 Å². The van der Waals surface area contributed by atoms with Crippen LogP contribution in [0.1, 0.15) is 25.7 Å². The number of hydrogen-bond donors (Lipinski definition) is 1. The van der Waals surface area contributed by atoms with E-state index < -0.39 is 24.0 Å². The summed E-state index contributed by atoms with van der Waals surface area (Å²) >= 11 is 0. The fourth-order valence-corrected chi connectivity index (χ4v) is 3.28. The molecular weight excluding hydrogens is 275 g/mol. The molecule has 1 heterocycles. The molecule has 1 N–H and O–H groups in total. The molecule has 0 aromatic rings. The number of ether oxygens (including phenoxy) is 1. The molecule has 2 fully saturated rings. The number of carbonyl (C=O) groups is 1. The highest BCUT2D eigenvalue weighted by atomic mass is 19.4. The van der Waals surface area contributed by atoms with Crippen LogP contribution in [0.3, 0.4) is 0 Å². The van der Waals surface area contributed by atoms with Crippen LogP contribution in [0.25, 0.3) is 0 Å².